The van der Waals surface area contributed by atoms with Crippen LogP contribution >= 0.6 is 0 Å². The second kappa shape index (κ2) is 5.61. The van der Waals surface area contributed by atoms with Gasteiger partial charge in [0.15, 0.2) is 17.4 Å². The summed E-state index contributed by atoms with van der Waals surface area (Å²) in [4.78, 5) is 10.6. The van der Waals surface area contributed by atoms with Crippen molar-refractivity contribution in [1.29, 1.82) is 0 Å². The smallest absolute Gasteiger partial charge is 0.264 e. The molecule has 0 saturated heterocycles. The van der Waals surface area contributed by atoms with Crippen LogP contribution in [0.5, 0.6) is 0 Å². The molecule has 110 valence electrons. The van der Waals surface area contributed by atoms with E-state index in [-0.39, 0.29) is 17.0 Å². The third kappa shape index (κ3) is 3.08. The Balaban J connectivity index is 2.48. The van der Waals surface area contributed by atoms with Gasteiger partial charge in [0, 0.05) is 5.56 Å². The van der Waals surface area contributed by atoms with E-state index < -0.39 is 26.6 Å². The summed E-state index contributed by atoms with van der Waals surface area (Å²) < 4.78 is 53.1. The lowest BCUT2D eigenvalue weighted by atomic mass is 10.1. The van der Waals surface area contributed by atoms with Crippen molar-refractivity contribution < 1.29 is 22.0 Å². The van der Waals surface area contributed by atoms with Gasteiger partial charge in [-0.05, 0) is 31.2 Å². The van der Waals surface area contributed by atoms with Crippen molar-refractivity contribution in [2.75, 3.05) is 4.72 Å². The van der Waals surface area contributed by atoms with Crippen LogP contribution in [0.1, 0.15) is 17.3 Å². The summed E-state index contributed by atoms with van der Waals surface area (Å²) in [6, 6.07) is 8.73. The standard InChI is InChI=1S/C14H11F2NO3S/c1-9(18)10-5-2-3-7-12(10)17-21(19,20)13-8-4-6-11(15)14(13)16/h2-8,17H,1H3. The molecule has 0 spiro atoms. The second-order valence-corrected chi connectivity index (χ2v) is 5.91. The lowest BCUT2D eigenvalue weighted by Gasteiger charge is -2.11. The van der Waals surface area contributed by atoms with E-state index in [9.17, 15) is 22.0 Å². The van der Waals surface area contributed by atoms with Crippen molar-refractivity contribution in [3.05, 3.63) is 59.7 Å². The molecule has 0 aliphatic carbocycles. The first-order valence-corrected chi connectivity index (χ1v) is 7.38. The number of nitrogens with one attached hydrogen (secondary N) is 1. The number of hydrogen-bond donors (Lipinski definition) is 1. The van der Waals surface area contributed by atoms with Crippen LogP contribution in [0.4, 0.5) is 14.5 Å². The van der Waals surface area contributed by atoms with Crippen molar-refractivity contribution in [3.63, 3.8) is 0 Å². The summed E-state index contributed by atoms with van der Waals surface area (Å²) in [6.07, 6.45) is 0. The number of ketones is 1. The Morgan fingerprint density at radius 3 is 2.38 bits per heavy atom. The minimum absolute atomic E-state index is 0.00802. The molecule has 0 heterocycles. The molecular formula is C14H11F2NO3S. The SMILES string of the molecule is CC(=O)c1ccccc1NS(=O)(=O)c1cccc(F)c1F. The number of Topliss-reactive ketones (excluding diaryl/α,β-unsaturated/α-hetero) is 1. The Morgan fingerprint density at radius 1 is 1.05 bits per heavy atom. The van der Waals surface area contributed by atoms with E-state index in [1.165, 1.54) is 25.1 Å². The number of para-hydroxylation sites is 1. The first-order valence-electron chi connectivity index (χ1n) is 5.90. The van der Waals surface area contributed by atoms with Crippen LogP contribution in [-0.4, -0.2) is 14.2 Å². The van der Waals surface area contributed by atoms with Crippen molar-refractivity contribution in [2.45, 2.75) is 11.8 Å². The van der Waals surface area contributed by atoms with Crippen molar-refractivity contribution in [3.8, 4) is 0 Å². The summed E-state index contributed by atoms with van der Waals surface area (Å²) in [5.74, 6) is -3.09. The van der Waals surface area contributed by atoms with Gasteiger partial charge in [-0.25, -0.2) is 17.2 Å². The summed E-state index contributed by atoms with van der Waals surface area (Å²) >= 11 is 0. The Kier molecular flexibility index (Phi) is 4.04. The molecule has 7 heteroatoms. The number of hydrogen-bond acceptors (Lipinski definition) is 3. The normalized spacial score (nSPS) is 11.2. The molecular weight excluding hydrogens is 300 g/mol. The van der Waals surface area contributed by atoms with E-state index in [0.717, 1.165) is 18.2 Å². The second-order valence-electron chi connectivity index (χ2n) is 4.26. The molecule has 0 aliphatic rings. The predicted octanol–water partition coefficient (Wildman–Crippen LogP) is 2.97. The number of anilines is 1. The van der Waals surface area contributed by atoms with Crippen LogP contribution in [0.25, 0.3) is 0 Å². The monoisotopic (exact) mass is 311 g/mol. The van der Waals surface area contributed by atoms with Crippen molar-refractivity contribution in [1.82, 2.24) is 0 Å². The lowest BCUT2D eigenvalue weighted by Crippen LogP contribution is -2.17. The molecule has 4 nitrogen and oxygen atoms in total. The van der Waals surface area contributed by atoms with Gasteiger partial charge in [0.25, 0.3) is 10.0 Å². The van der Waals surface area contributed by atoms with Gasteiger partial charge in [-0.1, -0.05) is 18.2 Å². The predicted molar refractivity (Wildman–Crippen MR) is 73.6 cm³/mol. The van der Waals surface area contributed by atoms with Gasteiger partial charge >= 0.3 is 0 Å². The van der Waals surface area contributed by atoms with Crippen LogP contribution in [-0.2, 0) is 10.0 Å². The Bertz CT molecular complexity index is 804. The molecule has 1 N–H and O–H groups in total. The topological polar surface area (TPSA) is 63.2 Å². The molecule has 0 aromatic heterocycles. The molecule has 2 rings (SSSR count). The van der Waals surface area contributed by atoms with Gasteiger partial charge in [-0.3, -0.25) is 9.52 Å². The lowest BCUT2D eigenvalue weighted by molar-refractivity contribution is 0.101. The third-order valence-corrected chi connectivity index (χ3v) is 4.14. The highest BCUT2D eigenvalue weighted by atomic mass is 32.2. The average Bonchev–Trinajstić information content (AvgIpc) is 2.41. The summed E-state index contributed by atoms with van der Waals surface area (Å²) in [7, 11) is -4.34. The number of carbonyl (C=O) groups excluding carboxylic acids is 1. The van der Waals surface area contributed by atoms with Crippen molar-refractivity contribution >= 4 is 21.5 Å². The number of carbonyl (C=O) groups is 1. The maximum atomic E-state index is 13.6. The zero-order valence-corrected chi connectivity index (χ0v) is 11.7. The Labute approximate surface area is 120 Å². The highest BCUT2D eigenvalue weighted by Crippen LogP contribution is 2.23. The molecule has 0 radical (unpaired) electrons. The highest BCUT2D eigenvalue weighted by Gasteiger charge is 2.22. The number of benzene rings is 2. The minimum Gasteiger partial charge on any atom is -0.294 e. The molecule has 0 amide bonds. The van der Waals surface area contributed by atoms with Gasteiger partial charge in [-0.2, -0.15) is 0 Å². The minimum atomic E-state index is -4.34. The molecule has 0 saturated carbocycles. The van der Waals surface area contributed by atoms with Gasteiger partial charge in [-0.15, -0.1) is 0 Å². The Hall–Kier alpha value is -2.28. The molecule has 2 aromatic rings. The summed E-state index contributed by atoms with van der Waals surface area (Å²) in [5.41, 5.74) is 0.145. The van der Waals surface area contributed by atoms with E-state index in [2.05, 4.69) is 4.72 Å². The fourth-order valence-electron chi connectivity index (χ4n) is 1.77. The molecule has 0 aliphatic heterocycles. The van der Waals surface area contributed by atoms with E-state index in [1.54, 1.807) is 6.07 Å². The van der Waals surface area contributed by atoms with Gasteiger partial charge in [0.2, 0.25) is 0 Å². The molecule has 0 atom stereocenters. The van der Waals surface area contributed by atoms with E-state index in [4.69, 9.17) is 0 Å². The quantitative estimate of drug-likeness (QED) is 0.883. The van der Waals surface area contributed by atoms with Crippen LogP contribution in [0.15, 0.2) is 47.4 Å². The Morgan fingerprint density at radius 2 is 1.71 bits per heavy atom. The van der Waals surface area contributed by atoms with E-state index >= 15 is 0 Å². The summed E-state index contributed by atoms with van der Waals surface area (Å²) in [6.45, 7) is 1.27. The number of rotatable bonds is 4. The number of sulfonamides is 1. The maximum Gasteiger partial charge on any atom is 0.264 e. The third-order valence-electron chi connectivity index (χ3n) is 2.76. The fraction of sp³-hybridized carbons (Fsp3) is 0.0714. The van der Waals surface area contributed by atoms with Gasteiger partial charge in [0.1, 0.15) is 4.90 Å². The molecule has 0 bridgehead atoms. The molecule has 0 unspecified atom stereocenters. The van der Waals surface area contributed by atoms with E-state index in [0.29, 0.717) is 0 Å². The van der Waals surface area contributed by atoms with Gasteiger partial charge < -0.3 is 0 Å². The number of halogens is 2. The fourth-order valence-corrected chi connectivity index (χ4v) is 2.94. The molecule has 21 heavy (non-hydrogen) atoms. The van der Waals surface area contributed by atoms with Crippen LogP contribution < -0.4 is 4.72 Å². The first-order chi connectivity index (χ1) is 9.83. The van der Waals surface area contributed by atoms with Crippen LogP contribution in [0.3, 0.4) is 0 Å². The largest absolute Gasteiger partial charge is 0.294 e. The first kappa shape index (κ1) is 15.1. The van der Waals surface area contributed by atoms with Crippen molar-refractivity contribution in [2.24, 2.45) is 0 Å². The zero-order valence-electron chi connectivity index (χ0n) is 10.9. The average molecular weight is 311 g/mol. The molecule has 0 fully saturated rings. The highest BCUT2D eigenvalue weighted by molar-refractivity contribution is 7.92. The van der Waals surface area contributed by atoms with E-state index in [1.807, 2.05) is 0 Å². The maximum absolute atomic E-state index is 13.6. The zero-order chi connectivity index (χ0) is 15.6. The van der Waals surface area contributed by atoms with Crippen LogP contribution in [0, 0.1) is 11.6 Å². The van der Waals surface area contributed by atoms with Gasteiger partial charge in [0.05, 0.1) is 5.69 Å². The summed E-state index contributed by atoms with van der Waals surface area (Å²) in [5, 5.41) is 0. The van der Waals surface area contributed by atoms with Crippen LogP contribution in [0.2, 0.25) is 0 Å². The molecule has 2 aromatic carbocycles.